The Morgan fingerprint density at radius 2 is 2.36 bits per heavy atom. The van der Waals surface area contributed by atoms with Gasteiger partial charge in [-0.05, 0) is 12.8 Å². The second kappa shape index (κ2) is 3.58. The molecule has 14 heavy (non-hydrogen) atoms. The van der Waals surface area contributed by atoms with Crippen molar-refractivity contribution in [2.45, 2.75) is 25.4 Å². The maximum absolute atomic E-state index is 10.6. The van der Waals surface area contributed by atoms with Crippen LogP contribution in [0.5, 0.6) is 0 Å². The highest BCUT2D eigenvalue weighted by Crippen LogP contribution is 2.41. The molecule has 0 amide bonds. The van der Waals surface area contributed by atoms with Crippen molar-refractivity contribution in [1.82, 2.24) is 4.98 Å². The number of aromatic nitrogens is 1. The van der Waals surface area contributed by atoms with Crippen molar-refractivity contribution in [2.75, 3.05) is 0 Å². The second-order valence-electron chi connectivity index (χ2n) is 3.19. The zero-order chi connectivity index (χ0) is 10.2. The number of hydrogen-bond donors (Lipinski definition) is 1. The minimum absolute atomic E-state index is 0.00926. The third-order valence-corrected chi connectivity index (χ3v) is 3.26. The topological polar surface area (TPSA) is 82.3 Å². The van der Waals surface area contributed by atoms with Gasteiger partial charge in [0.15, 0.2) is 0 Å². The molecule has 1 aromatic rings. The van der Waals surface area contributed by atoms with Gasteiger partial charge >= 0.3 is 10.3 Å². The fraction of sp³-hybridized carbons (Fsp3) is 0.571. The molecule has 0 unspecified atom stereocenters. The Morgan fingerprint density at radius 1 is 1.64 bits per heavy atom. The average molecular weight is 234 g/mol. The molecule has 1 fully saturated rings. The summed E-state index contributed by atoms with van der Waals surface area (Å²) in [7, 11) is -3.84. The molecule has 7 heteroatoms. The summed E-state index contributed by atoms with van der Waals surface area (Å²) in [5.41, 5.74) is 2.67. The molecular weight excluding hydrogens is 224 g/mol. The molecule has 0 radical (unpaired) electrons. The third kappa shape index (κ3) is 2.50. The quantitative estimate of drug-likeness (QED) is 0.833. The van der Waals surface area contributed by atoms with Crippen molar-refractivity contribution >= 4 is 21.6 Å². The zero-order valence-corrected chi connectivity index (χ0v) is 8.97. The zero-order valence-electron chi connectivity index (χ0n) is 7.34. The van der Waals surface area contributed by atoms with Gasteiger partial charge in [0.05, 0.1) is 16.1 Å². The van der Waals surface area contributed by atoms with Gasteiger partial charge in [-0.1, -0.05) is 0 Å². The maximum Gasteiger partial charge on any atom is 0.333 e. The Labute approximate surface area is 86.2 Å². The predicted molar refractivity (Wildman–Crippen MR) is 52.0 cm³/mol. The molecule has 1 aliphatic rings. The van der Waals surface area contributed by atoms with Crippen molar-refractivity contribution in [3.05, 3.63) is 16.1 Å². The molecule has 0 bridgehead atoms. The first-order chi connectivity index (χ1) is 6.56. The van der Waals surface area contributed by atoms with Crippen LogP contribution in [0.1, 0.15) is 29.3 Å². The SMILES string of the molecule is NS(=O)(=O)OCc1scnc1C1CC1. The van der Waals surface area contributed by atoms with Crippen LogP contribution < -0.4 is 5.14 Å². The number of hydrogen-bond acceptors (Lipinski definition) is 5. The Hall–Kier alpha value is -0.500. The van der Waals surface area contributed by atoms with E-state index >= 15 is 0 Å². The number of nitrogens with two attached hydrogens (primary N) is 1. The van der Waals surface area contributed by atoms with Crippen LogP contribution in [0.4, 0.5) is 0 Å². The van der Waals surface area contributed by atoms with E-state index in [0.29, 0.717) is 5.92 Å². The summed E-state index contributed by atoms with van der Waals surface area (Å²) in [5.74, 6) is 0.500. The van der Waals surface area contributed by atoms with E-state index in [0.717, 1.165) is 23.4 Å². The van der Waals surface area contributed by atoms with E-state index in [-0.39, 0.29) is 6.61 Å². The molecule has 2 N–H and O–H groups in total. The van der Waals surface area contributed by atoms with Crippen LogP contribution in [-0.2, 0) is 21.1 Å². The lowest BCUT2D eigenvalue weighted by atomic mass is 10.3. The van der Waals surface area contributed by atoms with Gasteiger partial charge in [-0.25, -0.2) is 10.1 Å². The lowest BCUT2D eigenvalue weighted by Crippen LogP contribution is -2.15. The summed E-state index contributed by atoms with van der Waals surface area (Å²) in [6.07, 6.45) is 2.26. The fourth-order valence-electron chi connectivity index (χ4n) is 1.21. The molecule has 0 saturated heterocycles. The van der Waals surface area contributed by atoms with E-state index in [4.69, 9.17) is 5.14 Å². The minimum Gasteiger partial charge on any atom is -0.252 e. The van der Waals surface area contributed by atoms with Crippen LogP contribution in [0.15, 0.2) is 5.51 Å². The highest BCUT2D eigenvalue weighted by atomic mass is 32.2. The summed E-state index contributed by atoms with van der Waals surface area (Å²) in [4.78, 5) is 5.04. The van der Waals surface area contributed by atoms with E-state index in [1.54, 1.807) is 5.51 Å². The van der Waals surface area contributed by atoms with Crippen molar-refractivity contribution in [1.29, 1.82) is 0 Å². The number of nitrogens with zero attached hydrogens (tertiary/aromatic N) is 1. The van der Waals surface area contributed by atoms with Crippen LogP contribution in [0.3, 0.4) is 0 Å². The van der Waals surface area contributed by atoms with E-state index < -0.39 is 10.3 Å². The Bertz CT molecular complexity index is 422. The van der Waals surface area contributed by atoms with Crippen molar-refractivity contribution in [3.8, 4) is 0 Å². The van der Waals surface area contributed by atoms with E-state index in [1.165, 1.54) is 11.3 Å². The Balaban J connectivity index is 2.05. The summed E-state index contributed by atoms with van der Waals surface area (Å²) in [6, 6.07) is 0. The largest absolute Gasteiger partial charge is 0.333 e. The predicted octanol–water partition coefficient (Wildman–Crippen LogP) is 0.741. The first-order valence-corrected chi connectivity index (χ1v) is 6.51. The molecule has 1 heterocycles. The van der Waals surface area contributed by atoms with Gasteiger partial charge in [0.25, 0.3) is 0 Å². The molecule has 1 aromatic heterocycles. The summed E-state index contributed by atoms with van der Waals surface area (Å²) in [5, 5.41) is 4.73. The summed E-state index contributed by atoms with van der Waals surface area (Å²) < 4.78 is 25.6. The Morgan fingerprint density at radius 3 is 2.93 bits per heavy atom. The van der Waals surface area contributed by atoms with Crippen molar-refractivity contribution in [3.63, 3.8) is 0 Å². The van der Waals surface area contributed by atoms with Crippen LogP contribution in [0, 0.1) is 0 Å². The van der Waals surface area contributed by atoms with Gasteiger partial charge in [-0.15, -0.1) is 11.3 Å². The molecule has 0 spiro atoms. The second-order valence-corrected chi connectivity index (χ2v) is 5.35. The normalized spacial score (nSPS) is 17.2. The van der Waals surface area contributed by atoms with E-state index in [9.17, 15) is 8.42 Å². The van der Waals surface area contributed by atoms with Crippen molar-refractivity contribution < 1.29 is 12.6 Å². The van der Waals surface area contributed by atoms with E-state index in [1.807, 2.05) is 0 Å². The molecule has 5 nitrogen and oxygen atoms in total. The molecule has 78 valence electrons. The van der Waals surface area contributed by atoms with Crippen LogP contribution in [-0.4, -0.2) is 13.4 Å². The monoisotopic (exact) mass is 234 g/mol. The lowest BCUT2D eigenvalue weighted by Gasteiger charge is -2.00. The summed E-state index contributed by atoms with van der Waals surface area (Å²) >= 11 is 1.40. The molecule has 1 saturated carbocycles. The van der Waals surface area contributed by atoms with Gasteiger partial charge < -0.3 is 0 Å². The van der Waals surface area contributed by atoms with Gasteiger partial charge in [-0.2, -0.15) is 8.42 Å². The molecule has 0 atom stereocenters. The fourth-order valence-corrected chi connectivity index (χ4v) is 2.33. The molecule has 2 rings (SSSR count). The van der Waals surface area contributed by atoms with Gasteiger partial charge in [0.1, 0.15) is 6.61 Å². The van der Waals surface area contributed by atoms with Gasteiger partial charge in [0.2, 0.25) is 0 Å². The highest BCUT2D eigenvalue weighted by Gasteiger charge is 2.28. The van der Waals surface area contributed by atoms with E-state index in [2.05, 4.69) is 9.17 Å². The molecule has 1 aliphatic carbocycles. The van der Waals surface area contributed by atoms with Crippen molar-refractivity contribution in [2.24, 2.45) is 5.14 Å². The minimum atomic E-state index is -3.84. The molecule has 0 aliphatic heterocycles. The first-order valence-electron chi connectivity index (χ1n) is 4.15. The van der Waals surface area contributed by atoms with Crippen LogP contribution in [0.25, 0.3) is 0 Å². The lowest BCUT2D eigenvalue weighted by molar-refractivity contribution is 0.310. The molecular formula is C7H10N2O3S2. The number of thiazole rings is 1. The van der Waals surface area contributed by atoms with Gasteiger partial charge in [0, 0.05) is 5.92 Å². The smallest absolute Gasteiger partial charge is 0.252 e. The first kappa shape index (κ1) is 10.0. The molecule has 0 aromatic carbocycles. The van der Waals surface area contributed by atoms with Gasteiger partial charge in [-0.3, -0.25) is 4.18 Å². The standard InChI is InChI=1S/C7H10N2O3S2/c8-14(10,11)12-3-6-7(5-1-2-5)9-4-13-6/h4-5H,1-3H2,(H2,8,10,11). The van der Waals surface area contributed by atoms with Crippen LogP contribution >= 0.6 is 11.3 Å². The van der Waals surface area contributed by atoms with Crippen LogP contribution in [0.2, 0.25) is 0 Å². The Kier molecular flexibility index (Phi) is 2.56. The number of rotatable bonds is 4. The average Bonchev–Trinajstić information content (AvgIpc) is 2.81. The summed E-state index contributed by atoms with van der Waals surface area (Å²) in [6.45, 7) is 0.00926. The third-order valence-electron chi connectivity index (χ3n) is 1.99. The maximum atomic E-state index is 10.6. The highest BCUT2D eigenvalue weighted by molar-refractivity contribution is 7.84.